The van der Waals surface area contributed by atoms with Gasteiger partial charge in [0.05, 0.1) is 11.6 Å². The second kappa shape index (κ2) is 4.49. The van der Waals surface area contributed by atoms with Crippen LogP contribution in [0.3, 0.4) is 0 Å². The Balaban J connectivity index is 2.25. The molecule has 16 heavy (non-hydrogen) atoms. The molecule has 2 aromatic heterocycles. The van der Waals surface area contributed by atoms with Gasteiger partial charge in [0.25, 0.3) is 0 Å². The number of imidazole rings is 1. The van der Waals surface area contributed by atoms with Crippen molar-refractivity contribution in [3.63, 3.8) is 0 Å². The van der Waals surface area contributed by atoms with Gasteiger partial charge in [0.1, 0.15) is 11.6 Å². The normalized spacial score (nSPS) is 13.1. The summed E-state index contributed by atoms with van der Waals surface area (Å²) in [7, 11) is 0. The van der Waals surface area contributed by atoms with Gasteiger partial charge in [0, 0.05) is 0 Å². The highest BCUT2D eigenvalue weighted by atomic mass is 15.1. The average Bonchev–Trinajstić information content (AvgIpc) is 2.68. The van der Waals surface area contributed by atoms with Crippen LogP contribution in [0.4, 0.5) is 5.82 Å². The number of hydrogen-bond acceptors (Lipinski definition) is 4. The molecule has 0 aliphatic carbocycles. The lowest BCUT2D eigenvalue weighted by molar-refractivity contribution is 0.550. The fraction of sp³-hybridized carbons (Fsp3) is 0.455. The minimum atomic E-state index is 0.204. The molecule has 2 rings (SSSR count). The van der Waals surface area contributed by atoms with Crippen LogP contribution in [-0.2, 0) is 0 Å². The van der Waals surface area contributed by atoms with E-state index >= 15 is 0 Å². The van der Waals surface area contributed by atoms with Crippen LogP contribution in [0.5, 0.6) is 0 Å². The highest BCUT2D eigenvalue weighted by Crippen LogP contribution is 2.15. The van der Waals surface area contributed by atoms with E-state index in [1.54, 1.807) is 6.07 Å². The maximum Gasteiger partial charge on any atom is 0.179 e. The van der Waals surface area contributed by atoms with Gasteiger partial charge in [0.15, 0.2) is 5.65 Å². The lowest BCUT2D eigenvalue weighted by Gasteiger charge is -2.09. The topological polar surface area (TPSA) is 79.6 Å². The highest BCUT2D eigenvalue weighted by molar-refractivity contribution is 5.72. The quantitative estimate of drug-likeness (QED) is 0.729. The van der Waals surface area contributed by atoms with Crippen LogP contribution in [0.15, 0.2) is 12.1 Å². The zero-order valence-corrected chi connectivity index (χ0v) is 9.62. The van der Waals surface area contributed by atoms with Crippen molar-refractivity contribution in [2.45, 2.75) is 26.3 Å². The van der Waals surface area contributed by atoms with Crippen molar-refractivity contribution in [2.24, 2.45) is 0 Å². The summed E-state index contributed by atoms with van der Waals surface area (Å²) in [4.78, 5) is 11.8. The predicted octanol–water partition coefficient (Wildman–Crippen LogP) is 1.60. The third-order valence-electron chi connectivity index (χ3n) is 2.50. The zero-order valence-electron chi connectivity index (χ0n) is 9.62. The van der Waals surface area contributed by atoms with Crippen LogP contribution in [-0.4, -0.2) is 21.5 Å². The van der Waals surface area contributed by atoms with E-state index in [1.807, 2.05) is 6.07 Å². The predicted molar refractivity (Wildman–Crippen MR) is 65.0 cm³/mol. The Morgan fingerprint density at radius 2 is 2.25 bits per heavy atom. The summed E-state index contributed by atoms with van der Waals surface area (Å²) in [5.41, 5.74) is 7.21. The second-order valence-corrected chi connectivity index (χ2v) is 3.91. The Labute approximate surface area is 94.5 Å². The number of aromatic nitrogens is 3. The lowest BCUT2D eigenvalue weighted by atomic mass is 10.3. The molecule has 0 saturated carbocycles. The Morgan fingerprint density at radius 1 is 1.44 bits per heavy atom. The lowest BCUT2D eigenvalue weighted by Crippen LogP contribution is -2.20. The second-order valence-electron chi connectivity index (χ2n) is 3.91. The number of pyridine rings is 1. The van der Waals surface area contributed by atoms with Crippen LogP contribution in [0.2, 0.25) is 0 Å². The number of anilines is 1. The van der Waals surface area contributed by atoms with Crippen LogP contribution >= 0.6 is 0 Å². The molecular formula is C11H17N5. The number of hydrogen-bond donors (Lipinski definition) is 3. The first kappa shape index (κ1) is 10.9. The fourth-order valence-electron chi connectivity index (χ4n) is 1.59. The molecule has 0 saturated heterocycles. The third-order valence-corrected chi connectivity index (χ3v) is 2.50. The summed E-state index contributed by atoms with van der Waals surface area (Å²) in [6.07, 6.45) is 1.11. The first-order valence-electron chi connectivity index (χ1n) is 5.56. The van der Waals surface area contributed by atoms with Crippen molar-refractivity contribution in [3.8, 4) is 0 Å². The maximum atomic E-state index is 5.61. The van der Waals surface area contributed by atoms with E-state index in [2.05, 4.69) is 34.1 Å². The Kier molecular flexibility index (Phi) is 3.05. The van der Waals surface area contributed by atoms with E-state index in [0.717, 1.165) is 24.3 Å². The standard InChI is InChI=1S/C11H17N5/c1-3-6-13-7(2)10-14-8-4-5-9(12)15-11(8)16-10/h4-5,7,13H,3,6H2,1-2H3,(H3,12,14,15,16). The van der Waals surface area contributed by atoms with Gasteiger partial charge in [-0.15, -0.1) is 0 Å². The SMILES string of the molecule is CCCNC(C)c1nc2nc(N)ccc2[nH]1. The van der Waals surface area contributed by atoms with Crippen molar-refractivity contribution in [1.29, 1.82) is 0 Å². The largest absolute Gasteiger partial charge is 0.384 e. The summed E-state index contributed by atoms with van der Waals surface area (Å²) in [6, 6.07) is 3.88. The molecule has 0 radical (unpaired) electrons. The molecule has 0 spiro atoms. The van der Waals surface area contributed by atoms with Crippen molar-refractivity contribution >= 4 is 17.0 Å². The first-order chi connectivity index (χ1) is 7.70. The summed E-state index contributed by atoms with van der Waals surface area (Å²) < 4.78 is 0. The van der Waals surface area contributed by atoms with Gasteiger partial charge in [-0.05, 0) is 32.0 Å². The Morgan fingerprint density at radius 3 is 3.00 bits per heavy atom. The number of rotatable bonds is 4. The van der Waals surface area contributed by atoms with E-state index in [0.29, 0.717) is 11.5 Å². The van der Waals surface area contributed by atoms with Gasteiger partial charge in [0.2, 0.25) is 0 Å². The third kappa shape index (κ3) is 2.14. The maximum absolute atomic E-state index is 5.61. The number of nitrogens with zero attached hydrogens (tertiary/aromatic N) is 2. The van der Waals surface area contributed by atoms with Gasteiger partial charge in [-0.25, -0.2) is 9.97 Å². The van der Waals surface area contributed by atoms with Gasteiger partial charge in [-0.3, -0.25) is 0 Å². The van der Waals surface area contributed by atoms with E-state index < -0.39 is 0 Å². The monoisotopic (exact) mass is 219 g/mol. The van der Waals surface area contributed by atoms with Gasteiger partial charge >= 0.3 is 0 Å². The molecule has 5 heteroatoms. The molecule has 0 bridgehead atoms. The van der Waals surface area contributed by atoms with Gasteiger partial charge in [-0.1, -0.05) is 6.92 Å². The number of nitrogens with two attached hydrogens (primary N) is 1. The van der Waals surface area contributed by atoms with Crippen molar-refractivity contribution < 1.29 is 0 Å². The molecule has 0 aromatic carbocycles. The Hall–Kier alpha value is -1.62. The van der Waals surface area contributed by atoms with Crippen LogP contribution in [0, 0.1) is 0 Å². The van der Waals surface area contributed by atoms with Crippen LogP contribution in [0.1, 0.15) is 32.1 Å². The van der Waals surface area contributed by atoms with Crippen molar-refractivity contribution in [3.05, 3.63) is 18.0 Å². The minimum Gasteiger partial charge on any atom is -0.384 e. The number of nitrogen functional groups attached to an aromatic ring is 1. The van der Waals surface area contributed by atoms with Crippen molar-refractivity contribution in [2.75, 3.05) is 12.3 Å². The molecule has 2 heterocycles. The van der Waals surface area contributed by atoms with Crippen molar-refractivity contribution in [1.82, 2.24) is 20.3 Å². The van der Waals surface area contributed by atoms with E-state index in [1.165, 1.54) is 0 Å². The average molecular weight is 219 g/mol. The molecule has 0 amide bonds. The summed E-state index contributed by atoms with van der Waals surface area (Å²) in [5, 5.41) is 3.37. The first-order valence-corrected chi connectivity index (χ1v) is 5.56. The fourth-order valence-corrected chi connectivity index (χ4v) is 1.59. The number of H-pyrrole nitrogens is 1. The molecule has 5 nitrogen and oxygen atoms in total. The van der Waals surface area contributed by atoms with E-state index in [-0.39, 0.29) is 6.04 Å². The smallest absolute Gasteiger partial charge is 0.179 e. The molecule has 4 N–H and O–H groups in total. The van der Waals surface area contributed by atoms with E-state index in [4.69, 9.17) is 5.73 Å². The molecule has 0 aliphatic heterocycles. The molecule has 0 aliphatic rings. The van der Waals surface area contributed by atoms with Crippen LogP contribution in [0.25, 0.3) is 11.2 Å². The molecule has 2 aromatic rings. The summed E-state index contributed by atoms with van der Waals surface area (Å²) in [6.45, 7) is 5.20. The van der Waals surface area contributed by atoms with Gasteiger partial charge in [-0.2, -0.15) is 0 Å². The number of nitrogens with one attached hydrogen (secondary N) is 2. The molecular weight excluding hydrogens is 202 g/mol. The molecule has 1 unspecified atom stereocenters. The number of fused-ring (bicyclic) bond motifs is 1. The van der Waals surface area contributed by atoms with Gasteiger partial charge < -0.3 is 16.0 Å². The molecule has 0 fully saturated rings. The molecule has 1 atom stereocenters. The summed E-state index contributed by atoms with van der Waals surface area (Å²) in [5.74, 6) is 1.40. The summed E-state index contributed by atoms with van der Waals surface area (Å²) >= 11 is 0. The van der Waals surface area contributed by atoms with Crippen LogP contribution < -0.4 is 11.1 Å². The molecule has 86 valence electrons. The highest BCUT2D eigenvalue weighted by Gasteiger charge is 2.10. The zero-order chi connectivity index (χ0) is 11.5. The Bertz CT molecular complexity index is 476. The van der Waals surface area contributed by atoms with E-state index in [9.17, 15) is 0 Å². The minimum absolute atomic E-state index is 0.204. The number of aromatic amines is 1.